The van der Waals surface area contributed by atoms with Crippen molar-refractivity contribution in [1.82, 2.24) is 9.88 Å². The Morgan fingerprint density at radius 3 is 2.14 bits per heavy atom. The number of para-hydroxylation sites is 1. The van der Waals surface area contributed by atoms with Crippen LogP contribution in [0.4, 0.5) is 0 Å². The van der Waals surface area contributed by atoms with Gasteiger partial charge in [0.05, 0.1) is 10.9 Å². The van der Waals surface area contributed by atoms with E-state index in [2.05, 4.69) is 119 Å². The number of rotatable bonds is 4. The molecule has 44 heavy (non-hydrogen) atoms. The highest BCUT2D eigenvalue weighted by molar-refractivity contribution is 6.24. The molecule has 3 heterocycles. The van der Waals surface area contributed by atoms with Crippen LogP contribution >= 0.6 is 0 Å². The van der Waals surface area contributed by atoms with Gasteiger partial charge in [-0.2, -0.15) is 0 Å². The fourth-order valence-electron chi connectivity index (χ4n) is 6.38. The summed E-state index contributed by atoms with van der Waals surface area (Å²) in [5, 5.41) is 8.19. The van der Waals surface area contributed by atoms with Crippen LogP contribution in [0, 0.1) is 0 Å². The number of nitrogens with one attached hydrogen (secondary N) is 1. The largest absolute Gasteiger partial charge is 0.454 e. The zero-order valence-electron chi connectivity index (χ0n) is 23.7. The van der Waals surface area contributed by atoms with Gasteiger partial charge in [0.2, 0.25) is 0 Å². The number of hydrogen-bond donors (Lipinski definition) is 1. The molecular formula is C39H26N4O. The fraction of sp³-hybridized carbons (Fsp3) is 0.0256. The molecule has 1 aliphatic heterocycles. The molecule has 0 saturated carbocycles. The normalized spacial score (nSPS) is 15.0. The number of aromatic nitrogens is 1. The van der Waals surface area contributed by atoms with Crippen LogP contribution in [0.25, 0.3) is 49.4 Å². The molecule has 6 aromatic carbocycles. The molecule has 0 fully saturated rings. The van der Waals surface area contributed by atoms with Crippen LogP contribution in [0.1, 0.15) is 22.9 Å². The van der Waals surface area contributed by atoms with Crippen LogP contribution in [0.2, 0.25) is 0 Å². The van der Waals surface area contributed by atoms with E-state index < -0.39 is 0 Å². The Morgan fingerprint density at radius 1 is 0.614 bits per heavy atom. The summed E-state index contributed by atoms with van der Waals surface area (Å²) in [6.45, 7) is 0. The van der Waals surface area contributed by atoms with Gasteiger partial charge in [-0.1, -0.05) is 103 Å². The molecule has 1 N–H and O–H groups in total. The highest BCUT2D eigenvalue weighted by Gasteiger charge is 2.23. The van der Waals surface area contributed by atoms with Crippen molar-refractivity contribution < 1.29 is 4.42 Å². The average Bonchev–Trinajstić information content (AvgIpc) is 3.64. The fourth-order valence-corrected chi connectivity index (χ4v) is 6.38. The van der Waals surface area contributed by atoms with Crippen LogP contribution in [0.15, 0.2) is 160 Å². The van der Waals surface area contributed by atoms with Crippen molar-refractivity contribution >= 4 is 55.4 Å². The lowest BCUT2D eigenvalue weighted by atomic mass is 10.1. The second kappa shape index (κ2) is 9.82. The first-order valence-electron chi connectivity index (χ1n) is 14.8. The van der Waals surface area contributed by atoms with Gasteiger partial charge >= 0.3 is 0 Å². The Balaban J connectivity index is 1.20. The summed E-state index contributed by atoms with van der Waals surface area (Å²) in [6, 6.07) is 50.3. The first-order valence-corrected chi connectivity index (χ1v) is 14.8. The molecule has 8 aromatic rings. The first-order chi connectivity index (χ1) is 21.8. The Labute approximate surface area is 253 Å². The molecule has 1 aliphatic rings. The zero-order valence-corrected chi connectivity index (χ0v) is 23.7. The Hall–Kier alpha value is -5.94. The maximum absolute atomic E-state index is 6.54. The highest BCUT2D eigenvalue weighted by Crippen LogP contribution is 2.41. The monoisotopic (exact) mass is 566 g/mol. The number of furan rings is 1. The van der Waals surface area contributed by atoms with Crippen LogP contribution in [0.5, 0.6) is 0 Å². The van der Waals surface area contributed by atoms with Gasteiger partial charge in [0.1, 0.15) is 23.1 Å². The Kier molecular flexibility index (Phi) is 5.50. The van der Waals surface area contributed by atoms with Crippen LogP contribution in [-0.2, 0) is 0 Å². The van der Waals surface area contributed by atoms with E-state index in [1.165, 1.54) is 10.8 Å². The topological polar surface area (TPSA) is 54.8 Å². The van der Waals surface area contributed by atoms with E-state index in [1.54, 1.807) is 0 Å². The molecular weight excluding hydrogens is 540 g/mol. The summed E-state index contributed by atoms with van der Waals surface area (Å²) in [7, 11) is 0. The minimum Gasteiger partial charge on any atom is -0.454 e. The van der Waals surface area contributed by atoms with E-state index in [4.69, 9.17) is 14.4 Å². The van der Waals surface area contributed by atoms with Gasteiger partial charge in [-0.25, -0.2) is 9.98 Å². The predicted molar refractivity (Wildman–Crippen MR) is 180 cm³/mol. The molecule has 5 heteroatoms. The first kappa shape index (κ1) is 24.6. The van der Waals surface area contributed by atoms with Gasteiger partial charge in [0.15, 0.2) is 11.4 Å². The predicted octanol–water partition coefficient (Wildman–Crippen LogP) is 9.18. The molecule has 0 saturated heterocycles. The summed E-state index contributed by atoms with van der Waals surface area (Å²) < 4.78 is 8.87. The summed E-state index contributed by atoms with van der Waals surface area (Å²) in [5.41, 5.74) is 8.13. The minimum absolute atomic E-state index is 0.239. The van der Waals surface area contributed by atoms with E-state index >= 15 is 0 Å². The summed E-state index contributed by atoms with van der Waals surface area (Å²) in [5.74, 6) is 1.51. The third kappa shape index (κ3) is 3.87. The zero-order chi connectivity index (χ0) is 29.0. The molecule has 208 valence electrons. The van der Waals surface area contributed by atoms with E-state index in [-0.39, 0.29) is 6.17 Å². The number of aliphatic imine (C=N–C) groups is 2. The molecule has 0 radical (unpaired) electrons. The number of hydrogen-bond acceptors (Lipinski definition) is 4. The highest BCUT2D eigenvalue weighted by atomic mass is 16.3. The van der Waals surface area contributed by atoms with Gasteiger partial charge < -0.3 is 14.3 Å². The molecule has 1 unspecified atom stereocenters. The summed E-state index contributed by atoms with van der Waals surface area (Å²) in [4.78, 5) is 9.97. The average molecular weight is 567 g/mol. The molecule has 0 aliphatic carbocycles. The molecule has 5 nitrogen and oxygen atoms in total. The lowest BCUT2D eigenvalue weighted by Crippen LogP contribution is -2.33. The van der Waals surface area contributed by atoms with Gasteiger partial charge in [-0.3, -0.25) is 0 Å². The number of fused-ring (bicyclic) bond motifs is 7. The standard InChI is InChI=1S/C39H26N4O/c1-3-12-26(13-4-1)37-40-38(27-14-5-2-6-15-27)42-39(41-37)28-19-22-29(23-20-28)43-32-18-10-9-17-31(32)36-35(43)34-30-16-8-7-11-25(30)21-24-33(34)44-36/h1-24,37H,(H,40,41,42). The third-order valence-electron chi connectivity index (χ3n) is 8.46. The van der Waals surface area contributed by atoms with Crippen LogP contribution < -0.4 is 5.32 Å². The molecule has 0 spiro atoms. The minimum atomic E-state index is -0.239. The molecule has 0 amide bonds. The van der Waals surface area contributed by atoms with E-state index in [0.29, 0.717) is 5.84 Å². The van der Waals surface area contributed by atoms with Crippen molar-refractivity contribution in [2.45, 2.75) is 6.17 Å². The van der Waals surface area contributed by atoms with E-state index in [9.17, 15) is 0 Å². The molecule has 2 aromatic heterocycles. The maximum atomic E-state index is 6.54. The maximum Gasteiger partial charge on any atom is 0.161 e. The van der Waals surface area contributed by atoms with Gasteiger partial charge in [-0.15, -0.1) is 0 Å². The lowest BCUT2D eigenvalue weighted by molar-refractivity contribution is 0.673. The number of benzene rings is 6. The SMILES string of the molecule is c1ccc(C2=NC(c3ccccc3)NC(c3ccc(-n4c5ccccc5c5oc6ccc7ccccc7c6c54)cc3)=N2)cc1. The quantitative estimate of drug-likeness (QED) is 0.231. The lowest BCUT2D eigenvalue weighted by Gasteiger charge is -2.23. The smallest absolute Gasteiger partial charge is 0.161 e. The van der Waals surface area contributed by atoms with Crippen molar-refractivity contribution in [2.24, 2.45) is 9.98 Å². The molecule has 1 atom stereocenters. The third-order valence-corrected chi connectivity index (χ3v) is 8.46. The second-order valence-corrected chi connectivity index (χ2v) is 11.1. The van der Waals surface area contributed by atoms with Crippen molar-refractivity contribution in [3.8, 4) is 5.69 Å². The van der Waals surface area contributed by atoms with Crippen molar-refractivity contribution in [2.75, 3.05) is 0 Å². The van der Waals surface area contributed by atoms with Gasteiger partial charge in [0, 0.05) is 22.2 Å². The van der Waals surface area contributed by atoms with Crippen LogP contribution in [-0.4, -0.2) is 16.2 Å². The molecule has 0 bridgehead atoms. The number of amidine groups is 2. The van der Waals surface area contributed by atoms with Gasteiger partial charge in [0.25, 0.3) is 0 Å². The Bertz CT molecular complexity index is 2400. The Morgan fingerprint density at radius 2 is 1.32 bits per heavy atom. The summed E-state index contributed by atoms with van der Waals surface area (Å²) >= 11 is 0. The molecule has 9 rings (SSSR count). The van der Waals surface area contributed by atoms with Gasteiger partial charge in [-0.05, 0) is 58.8 Å². The van der Waals surface area contributed by atoms with Crippen molar-refractivity contribution in [1.29, 1.82) is 0 Å². The van der Waals surface area contributed by atoms with Crippen molar-refractivity contribution in [3.05, 3.63) is 162 Å². The second-order valence-electron chi connectivity index (χ2n) is 11.1. The van der Waals surface area contributed by atoms with Crippen molar-refractivity contribution in [3.63, 3.8) is 0 Å². The summed E-state index contributed by atoms with van der Waals surface area (Å²) in [6.07, 6.45) is -0.239. The van der Waals surface area contributed by atoms with E-state index in [0.717, 1.165) is 61.2 Å². The number of nitrogens with zero attached hydrogens (tertiary/aromatic N) is 3. The van der Waals surface area contributed by atoms with E-state index in [1.807, 2.05) is 36.4 Å². The van der Waals surface area contributed by atoms with Crippen LogP contribution in [0.3, 0.4) is 0 Å².